The van der Waals surface area contributed by atoms with Crippen molar-refractivity contribution in [2.24, 2.45) is 5.41 Å². The van der Waals surface area contributed by atoms with E-state index in [2.05, 4.69) is 19.2 Å². The second kappa shape index (κ2) is 5.09. The largest absolute Gasteiger partial charge is 0.497 e. The van der Waals surface area contributed by atoms with Gasteiger partial charge in [-0.05, 0) is 18.3 Å². The molecule has 1 aromatic rings. The van der Waals surface area contributed by atoms with E-state index < -0.39 is 0 Å². The quantitative estimate of drug-likeness (QED) is 0.882. The van der Waals surface area contributed by atoms with Crippen LogP contribution in [0.2, 0.25) is 0 Å². The number of hydrogen-bond donors (Lipinski definition) is 1. The first-order chi connectivity index (χ1) is 8.55. The second-order valence-electron chi connectivity index (χ2n) is 5.68. The van der Waals surface area contributed by atoms with E-state index in [1.807, 2.05) is 18.2 Å². The monoisotopic (exact) mass is 249 g/mol. The van der Waals surface area contributed by atoms with Crippen molar-refractivity contribution >= 4 is 5.69 Å². The summed E-state index contributed by atoms with van der Waals surface area (Å²) >= 11 is 0. The summed E-state index contributed by atoms with van der Waals surface area (Å²) in [4.78, 5) is 0. The molecule has 1 aliphatic rings. The first-order valence-electron chi connectivity index (χ1n) is 6.55. The molecule has 1 N–H and O–H groups in total. The zero-order valence-corrected chi connectivity index (χ0v) is 11.7. The van der Waals surface area contributed by atoms with Gasteiger partial charge in [-0.3, -0.25) is 0 Å². The van der Waals surface area contributed by atoms with Crippen molar-refractivity contribution in [3.8, 4) is 11.5 Å². The maximum absolute atomic E-state index is 5.29. The summed E-state index contributed by atoms with van der Waals surface area (Å²) in [7, 11) is 3.36. The normalized spacial score (nSPS) is 21.7. The average molecular weight is 249 g/mol. The summed E-state index contributed by atoms with van der Waals surface area (Å²) < 4.78 is 10.6. The molecule has 0 saturated heterocycles. The molecule has 0 spiro atoms. The molecule has 18 heavy (non-hydrogen) atoms. The number of nitrogens with one attached hydrogen (secondary N) is 1. The molecule has 1 aliphatic carbocycles. The predicted octanol–water partition coefficient (Wildman–Crippen LogP) is 3.69. The summed E-state index contributed by atoms with van der Waals surface area (Å²) in [6, 6.07) is 6.47. The van der Waals surface area contributed by atoms with Crippen molar-refractivity contribution in [2.45, 2.75) is 39.2 Å². The van der Waals surface area contributed by atoms with Gasteiger partial charge in [0.25, 0.3) is 0 Å². The van der Waals surface area contributed by atoms with Crippen molar-refractivity contribution in [1.82, 2.24) is 0 Å². The van der Waals surface area contributed by atoms with Gasteiger partial charge in [0.05, 0.1) is 14.2 Å². The van der Waals surface area contributed by atoms with Gasteiger partial charge in [0.1, 0.15) is 11.5 Å². The van der Waals surface area contributed by atoms with E-state index >= 15 is 0 Å². The molecule has 100 valence electrons. The summed E-state index contributed by atoms with van der Waals surface area (Å²) in [5, 5.41) is 3.62. The van der Waals surface area contributed by atoms with Crippen molar-refractivity contribution in [1.29, 1.82) is 0 Å². The van der Waals surface area contributed by atoms with Crippen LogP contribution in [0.15, 0.2) is 18.2 Å². The lowest BCUT2D eigenvalue weighted by molar-refractivity contribution is 0.349. The maximum atomic E-state index is 5.29. The Morgan fingerprint density at radius 3 is 2.17 bits per heavy atom. The van der Waals surface area contributed by atoms with Crippen molar-refractivity contribution < 1.29 is 9.47 Å². The number of rotatable bonds is 4. The van der Waals surface area contributed by atoms with Gasteiger partial charge in [-0.25, -0.2) is 0 Å². The summed E-state index contributed by atoms with van der Waals surface area (Å²) in [6.07, 6.45) is 3.81. The Kier molecular flexibility index (Phi) is 3.69. The third-order valence-electron chi connectivity index (χ3n) is 3.95. The van der Waals surface area contributed by atoms with Crippen LogP contribution in [-0.2, 0) is 0 Å². The van der Waals surface area contributed by atoms with Gasteiger partial charge in [0.15, 0.2) is 0 Å². The van der Waals surface area contributed by atoms with E-state index in [0.717, 1.165) is 17.2 Å². The van der Waals surface area contributed by atoms with Gasteiger partial charge >= 0.3 is 0 Å². The van der Waals surface area contributed by atoms with Gasteiger partial charge in [-0.1, -0.05) is 20.3 Å². The molecule has 0 radical (unpaired) electrons. The first kappa shape index (κ1) is 13.1. The van der Waals surface area contributed by atoms with Crippen molar-refractivity contribution in [2.75, 3.05) is 19.5 Å². The molecule has 1 aromatic carbocycles. The standard InChI is InChI=1S/C15H23NO2/c1-15(2)7-5-6-14(15)16-11-8-12(17-3)10-13(9-11)18-4/h8-10,14,16H,5-7H2,1-4H3. The van der Waals surface area contributed by atoms with E-state index in [-0.39, 0.29) is 0 Å². The molecule has 3 nitrogen and oxygen atoms in total. The van der Waals surface area contributed by atoms with E-state index in [1.54, 1.807) is 14.2 Å². The molecule has 0 amide bonds. The molecular weight excluding hydrogens is 226 g/mol. The Bertz CT molecular complexity index is 393. The minimum absolute atomic E-state index is 0.357. The van der Waals surface area contributed by atoms with Crippen LogP contribution in [0.25, 0.3) is 0 Å². The van der Waals surface area contributed by atoms with Crippen LogP contribution in [0.5, 0.6) is 11.5 Å². The topological polar surface area (TPSA) is 30.5 Å². The Morgan fingerprint density at radius 2 is 1.72 bits per heavy atom. The van der Waals surface area contributed by atoms with Crippen LogP contribution in [0.4, 0.5) is 5.69 Å². The van der Waals surface area contributed by atoms with Crippen molar-refractivity contribution in [3.05, 3.63) is 18.2 Å². The maximum Gasteiger partial charge on any atom is 0.124 e. The highest BCUT2D eigenvalue weighted by molar-refractivity contribution is 5.54. The van der Waals surface area contributed by atoms with Gasteiger partial charge in [0.2, 0.25) is 0 Å². The Morgan fingerprint density at radius 1 is 1.11 bits per heavy atom. The SMILES string of the molecule is COc1cc(NC2CCCC2(C)C)cc(OC)c1. The number of methoxy groups -OCH3 is 2. The summed E-state index contributed by atoms with van der Waals surface area (Å²) in [6.45, 7) is 4.66. The second-order valence-corrected chi connectivity index (χ2v) is 5.68. The van der Waals surface area contributed by atoms with Gasteiger partial charge in [0, 0.05) is 29.9 Å². The number of benzene rings is 1. The molecule has 0 aliphatic heterocycles. The van der Waals surface area contributed by atoms with Gasteiger partial charge in [-0.15, -0.1) is 0 Å². The molecule has 0 aromatic heterocycles. The molecule has 3 heteroatoms. The average Bonchev–Trinajstić information content (AvgIpc) is 2.68. The third-order valence-corrected chi connectivity index (χ3v) is 3.95. The molecule has 0 heterocycles. The van der Waals surface area contributed by atoms with Crippen LogP contribution in [0, 0.1) is 5.41 Å². The van der Waals surface area contributed by atoms with E-state index in [0.29, 0.717) is 11.5 Å². The first-order valence-corrected chi connectivity index (χ1v) is 6.55. The lowest BCUT2D eigenvalue weighted by Crippen LogP contribution is -2.30. The molecule has 1 unspecified atom stereocenters. The zero-order valence-electron chi connectivity index (χ0n) is 11.7. The van der Waals surface area contributed by atoms with E-state index in [1.165, 1.54) is 19.3 Å². The predicted molar refractivity (Wildman–Crippen MR) is 74.6 cm³/mol. The lowest BCUT2D eigenvalue weighted by atomic mass is 9.87. The molecule has 1 fully saturated rings. The highest BCUT2D eigenvalue weighted by Crippen LogP contribution is 2.39. The fourth-order valence-electron chi connectivity index (χ4n) is 2.69. The Hall–Kier alpha value is -1.38. The smallest absolute Gasteiger partial charge is 0.124 e. The highest BCUT2D eigenvalue weighted by atomic mass is 16.5. The third kappa shape index (κ3) is 2.71. The van der Waals surface area contributed by atoms with Crippen LogP contribution < -0.4 is 14.8 Å². The number of anilines is 1. The van der Waals surface area contributed by atoms with Gasteiger partial charge in [-0.2, -0.15) is 0 Å². The van der Waals surface area contributed by atoms with Crippen LogP contribution in [-0.4, -0.2) is 20.3 Å². The van der Waals surface area contributed by atoms with E-state index in [4.69, 9.17) is 9.47 Å². The summed E-state index contributed by atoms with van der Waals surface area (Å²) in [5.41, 5.74) is 1.43. The Labute approximate surface area is 109 Å². The van der Waals surface area contributed by atoms with E-state index in [9.17, 15) is 0 Å². The van der Waals surface area contributed by atoms with Gasteiger partial charge < -0.3 is 14.8 Å². The molecule has 2 rings (SSSR count). The number of hydrogen-bond acceptors (Lipinski definition) is 3. The molecule has 0 bridgehead atoms. The van der Waals surface area contributed by atoms with Crippen LogP contribution >= 0.6 is 0 Å². The van der Waals surface area contributed by atoms with Crippen LogP contribution in [0.1, 0.15) is 33.1 Å². The highest BCUT2D eigenvalue weighted by Gasteiger charge is 2.34. The van der Waals surface area contributed by atoms with Crippen LogP contribution in [0.3, 0.4) is 0 Å². The molecule has 1 saturated carbocycles. The minimum atomic E-state index is 0.357. The Balaban J connectivity index is 2.18. The minimum Gasteiger partial charge on any atom is -0.497 e. The number of ether oxygens (including phenoxy) is 2. The lowest BCUT2D eigenvalue weighted by Gasteiger charge is -2.29. The summed E-state index contributed by atoms with van der Waals surface area (Å²) in [5.74, 6) is 1.65. The molecule has 1 atom stereocenters. The fraction of sp³-hybridized carbons (Fsp3) is 0.600. The van der Waals surface area contributed by atoms with Crippen molar-refractivity contribution in [3.63, 3.8) is 0 Å². The zero-order chi connectivity index (χ0) is 13.2. The molecular formula is C15H23NO2. The fourth-order valence-corrected chi connectivity index (χ4v) is 2.69.